The Morgan fingerprint density at radius 3 is 2.31 bits per heavy atom. The molecular formula is C21H28O5. The highest BCUT2D eigenvalue weighted by atomic mass is 16.5. The Labute approximate surface area is 155 Å². The molecule has 0 aliphatic carbocycles. The van der Waals surface area contributed by atoms with Crippen molar-refractivity contribution in [3.63, 3.8) is 0 Å². The van der Waals surface area contributed by atoms with E-state index in [1.165, 1.54) is 0 Å². The molecular weight excluding hydrogens is 332 g/mol. The number of hydrogen-bond acceptors (Lipinski definition) is 4. The van der Waals surface area contributed by atoms with Crippen molar-refractivity contribution in [2.75, 3.05) is 0 Å². The van der Waals surface area contributed by atoms with Gasteiger partial charge in [0.2, 0.25) is 5.78 Å². The van der Waals surface area contributed by atoms with Gasteiger partial charge in [0.1, 0.15) is 0 Å². The average molecular weight is 360 g/mol. The number of ether oxygens (including phenoxy) is 1. The molecule has 1 rings (SSSR count). The number of hydrogen-bond donors (Lipinski definition) is 1. The normalized spacial score (nSPS) is 13.3. The van der Waals surface area contributed by atoms with Gasteiger partial charge >= 0.3 is 11.9 Å². The van der Waals surface area contributed by atoms with Crippen molar-refractivity contribution < 1.29 is 24.2 Å². The van der Waals surface area contributed by atoms with Gasteiger partial charge in [0.25, 0.3) is 0 Å². The number of benzene rings is 1. The van der Waals surface area contributed by atoms with Gasteiger partial charge < -0.3 is 9.84 Å². The van der Waals surface area contributed by atoms with Crippen LogP contribution in [-0.4, -0.2) is 28.9 Å². The number of carbonyl (C=O) groups excluding carboxylic acids is 2. The highest BCUT2D eigenvalue weighted by Gasteiger charge is 2.26. The number of carboxylic acids is 1. The highest BCUT2D eigenvalue weighted by molar-refractivity contribution is 6.01. The molecule has 0 aliphatic heterocycles. The molecule has 1 aromatic rings. The predicted octanol–water partition coefficient (Wildman–Crippen LogP) is 4.34. The second kappa shape index (κ2) is 11.2. The molecule has 0 fully saturated rings. The molecule has 0 aromatic heterocycles. The van der Waals surface area contributed by atoms with Gasteiger partial charge in [0.15, 0.2) is 6.10 Å². The van der Waals surface area contributed by atoms with E-state index in [0.717, 1.165) is 37.3 Å². The van der Waals surface area contributed by atoms with Crippen LogP contribution in [0.15, 0.2) is 36.4 Å². The fraction of sp³-hybridized carbons (Fsp3) is 0.476. The third-order valence-corrected chi connectivity index (χ3v) is 4.34. The van der Waals surface area contributed by atoms with Crippen LogP contribution < -0.4 is 0 Å². The summed E-state index contributed by atoms with van der Waals surface area (Å²) < 4.78 is 5.32. The maximum atomic E-state index is 12.8. The maximum Gasteiger partial charge on any atom is 0.331 e. The van der Waals surface area contributed by atoms with Crippen LogP contribution in [0.4, 0.5) is 0 Å². The van der Waals surface area contributed by atoms with Crippen LogP contribution in [0, 0.1) is 12.8 Å². The van der Waals surface area contributed by atoms with Gasteiger partial charge in [-0.15, -0.1) is 0 Å². The van der Waals surface area contributed by atoms with Crippen LogP contribution in [0.2, 0.25) is 0 Å². The molecule has 0 aliphatic rings. The molecule has 0 spiro atoms. The number of carboxylic acid groups (broad SMARTS) is 1. The van der Waals surface area contributed by atoms with E-state index in [4.69, 9.17) is 9.84 Å². The molecule has 142 valence electrons. The Kier molecular flexibility index (Phi) is 9.34. The molecule has 5 heteroatoms. The lowest BCUT2D eigenvalue weighted by molar-refractivity contribution is -0.142. The van der Waals surface area contributed by atoms with Gasteiger partial charge in [-0.1, -0.05) is 69.4 Å². The fourth-order valence-corrected chi connectivity index (χ4v) is 2.72. The number of Topliss-reactive ketones (excluding diaryl/α,β-unsaturated/α-hetero) is 1. The van der Waals surface area contributed by atoms with Crippen LogP contribution in [0.3, 0.4) is 0 Å². The van der Waals surface area contributed by atoms with Crippen LogP contribution in [0.1, 0.15) is 61.9 Å². The van der Waals surface area contributed by atoms with Gasteiger partial charge in [0, 0.05) is 17.7 Å². The summed E-state index contributed by atoms with van der Waals surface area (Å²) in [5.41, 5.74) is 1.52. The number of esters is 1. The molecule has 0 saturated carbocycles. The third-order valence-electron chi connectivity index (χ3n) is 4.34. The van der Waals surface area contributed by atoms with Gasteiger partial charge in [-0.25, -0.2) is 9.59 Å². The Balaban J connectivity index is 2.95. The number of aryl methyl sites for hydroxylation is 1. The van der Waals surface area contributed by atoms with E-state index >= 15 is 0 Å². The first kappa shape index (κ1) is 21.6. The predicted molar refractivity (Wildman–Crippen MR) is 100 cm³/mol. The second-order valence-corrected chi connectivity index (χ2v) is 6.48. The van der Waals surface area contributed by atoms with Crippen LogP contribution in [0.25, 0.3) is 0 Å². The summed E-state index contributed by atoms with van der Waals surface area (Å²) in [5.74, 6) is -2.04. The van der Waals surface area contributed by atoms with E-state index in [0.29, 0.717) is 18.1 Å². The smallest absolute Gasteiger partial charge is 0.331 e. The number of unbranched alkanes of at least 4 members (excludes halogenated alkanes) is 1. The fourth-order valence-electron chi connectivity index (χ4n) is 2.72. The first-order valence-corrected chi connectivity index (χ1v) is 9.09. The van der Waals surface area contributed by atoms with E-state index in [2.05, 4.69) is 13.8 Å². The lowest BCUT2D eigenvalue weighted by Crippen LogP contribution is -2.29. The summed E-state index contributed by atoms with van der Waals surface area (Å²) in [4.78, 5) is 35.3. The molecule has 1 N–H and O–H groups in total. The Hall–Kier alpha value is -2.43. The van der Waals surface area contributed by atoms with Gasteiger partial charge in [-0.05, 0) is 19.3 Å². The van der Waals surface area contributed by atoms with Crippen molar-refractivity contribution in [2.24, 2.45) is 5.92 Å². The van der Waals surface area contributed by atoms with Crippen molar-refractivity contribution >= 4 is 17.7 Å². The van der Waals surface area contributed by atoms with Crippen LogP contribution in [-0.2, 0) is 14.3 Å². The Morgan fingerprint density at radius 1 is 1.12 bits per heavy atom. The topological polar surface area (TPSA) is 80.7 Å². The molecule has 0 amide bonds. The van der Waals surface area contributed by atoms with Crippen LogP contribution >= 0.6 is 0 Å². The van der Waals surface area contributed by atoms with Gasteiger partial charge in [-0.2, -0.15) is 0 Å². The first-order chi connectivity index (χ1) is 12.4. The van der Waals surface area contributed by atoms with Crippen molar-refractivity contribution in [3.05, 3.63) is 47.5 Å². The van der Waals surface area contributed by atoms with E-state index in [1.807, 2.05) is 19.1 Å². The zero-order chi connectivity index (χ0) is 19.5. The summed E-state index contributed by atoms with van der Waals surface area (Å²) in [6.07, 6.45) is 5.05. The summed E-state index contributed by atoms with van der Waals surface area (Å²) in [6, 6.07) is 7.12. The Bertz CT molecular complexity index is 630. The van der Waals surface area contributed by atoms with E-state index in [1.54, 1.807) is 12.1 Å². The molecule has 0 bridgehead atoms. The summed E-state index contributed by atoms with van der Waals surface area (Å²) >= 11 is 0. The van der Waals surface area contributed by atoms with E-state index in [-0.39, 0.29) is 11.7 Å². The number of ketones is 1. The van der Waals surface area contributed by atoms with E-state index in [9.17, 15) is 14.4 Å². The first-order valence-electron chi connectivity index (χ1n) is 9.09. The molecule has 0 saturated heterocycles. The van der Waals surface area contributed by atoms with Gasteiger partial charge in [-0.3, -0.25) is 4.79 Å². The van der Waals surface area contributed by atoms with Crippen molar-refractivity contribution in [3.8, 4) is 0 Å². The standard InChI is InChI=1S/C21H28O5/c1-4-6-7-16(5-2)14-18(26-20(24)13-12-19(22)23)21(25)17-10-8-15(3)9-11-17/h8-13,16,18H,4-7,14H2,1-3H3,(H,22,23)/b13-12+. The minimum absolute atomic E-state index is 0.253. The lowest BCUT2D eigenvalue weighted by atomic mass is 9.90. The monoisotopic (exact) mass is 360 g/mol. The number of rotatable bonds is 11. The molecule has 26 heavy (non-hydrogen) atoms. The van der Waals surface area contributed by atoms with Crippen molar-refractivity contribution in [1.82, 2.24) is 0 Å². The summed E-state index contributed by atoms with van der Waals surface area (Å²) in [7, 11) is 0. The zero-order valence-corrected chi connectivity index (χ0v) is 15.7. The number of aliphatic carboxylic acids is 1. The Morgan fingerprint density at radius 2 is 1.77 bits per heavy atom. The lowest BCUT2D eigenvalue weighted by Gasteiger charge is -2.22. The van der Waals surface area contributed by atoms with Crippen molar-refractivity contribution in [1.29, 1.82) is 0 Å². The van der Waals surface area contributed by atoms with E-state index < -0.39 is 18.0 Å². The molecule has 1 aromatic carbocycles. The third kappa shape index (κ3) is 7.64. The largest absolute Gasteiger partial charge is 0.478 e. The summed E-state index contributed by atoms with van der Waals surface area (Å²) in [5, 5.41) is 8.63. The molecule has 2 unspecified atom stereocenters. The van der Waals surface area contributed by atoms with Crippen molar-refractivity contribution in [2.45, 2.75) is 59.0 Å². The van der Waals surface area contributed by atoms with Crippen LogP contribution in [0.5, 0.6) is 0 Å². The van der Waals surface area contributed by atoms with Gasteiger partial charge in [0.05, 0.1) is 0 Å². The quantitative estimate of drug-likeness (QED) is 0.361. The second-order valence-electron chi connectivity index (χ2n) is 6.48. The highest BCUT2D eigenvalue weighted by Crippen LogP contribution is 2.22. The zero-order valence-electron chi connectivity index (χ0n) is 15.7. The molecule has 0 heterocycles. The average Bonchev–Trinajstić information content (AvgIpc) is 2.62. The SMILES string of the molecule is CCCCC(CC)CC(OC(=O)/C=C/C(=O)O)C(=O)c1ccc(C)cc1. The maximum absolute atomic E-state index is 12.8. The molecule has 0 radical (unpaired) electrons. The number of carbonyl (C=O) groups is 3. The molecule has 2 atom stereocenters. The minimum Gasteiger partial charge on any atom is -0.478 e. The summed E-state index contributed by atoms with van der Waals surface area (Å²) in [6.45, 7) is 6.10. The minimum atomic E-state index is -1.24. The molecule has 5 nitrogen and oxygen atoms in total.